The number of imide groups is 1. The van der Waals surface area contributed by atoms with E-state index in [-0.39, 0.29) is 29.3 Å². The largest absolute Gasteiger partial charge is 0.447 e. The fourth-order valence-corrected chi connectivity index (χ4v) is 2.72. The summed E-state index contributed by atoms with van der Waals surface area (Å²) >= 11 is 5.95. The third-order valence-corrected chi connectivity index (χ3v) is 3.63. The maximum Gasteiger partial charge on any atom is 0.411 e. The molecule has 2 aliphatic rings. The van der Waals surface area contributed by atoms with E-state index in [0.29, 0.717) is 0 Å². The van der Waals surface area contributed by atoms with Crippen LogP contribution in [0.25, 0.3) is 0 Å². The fraction of sp³-hybridized carbons (Fsp3) is 0.214. The summed E-state index contributed by atoms with van der Waals surface area (Å²) in [6.07, 6.45) is -1.67. The highest BCUT2D eigenvalue weighted by Crippen LogP contribution is 2.30. The second kappa shape index (κ2) is 4.89. The van der Waals surface area contributed by atoms with Crippen molar-refractivity contribution in [1.82, 2.24) is 9.80 Å². The number of halogens is 1. The number of ether oxygens (including phenoxy) is 1. The molecule has 1 unspecified atom stereocenters. The minimum absolute atomic E-state index is 0.00311. The Kier molecular flexibility index (Phi) is 3.17. The summed E-state index contributed by atoms with van der Waals surface area (Å²) in [4.78, 5) is 38.8. The Hall–Kier alpha value is -2.34. The van der Waals surface area contributed by atoms with E-state index in [1.807, 2.05) is 0 Å². The van der Waals surface area contributed by atoms with Crippen LogP contribution in [0, 0.1) is 0 Å². The molecule has 1 aromatic rings. The van der Waals surface area contributed by atoms with Gasteiger partial charge in [0.25, 0.3) is 11.8 Å². The van der Waals surface area contributed by atoms with Gasteiger partial charge in [0, 0.05) is 0 Å². The average molecular weight is 307 g/mol. The molecular formula is C14H11ClN2O4. The topological polar surface area (TPSA) is 66.9 Å². The molecule has 7 heteroatoms. The Labute approximate surface area is 125 Å². The Morgan fingerprint density at radius 3 is 2.19 bits per heavy atom. The number of hydrogen-bond acceptors (Lipinski definition) is 4. The van der Waals surface area contributed by atoms with Gasteiger partial charge in [-0.25, -0.2) is 9.69 Å². The second-order valence-electron chi connectivity index (χ2n) is 4.65. The standard InChI is InChI=1S/C14H11ClN2O4/c1-8(15)11(16-6-7-21-14(16)20)17-12(18)9-4-2-3-5-10(9)13(17)19/h2-5,11H,1,6-7H2. The minimum atomic E-state index is -1.05. The molecule has 0 bridgehead atoms. The molecule has 3 rings (SSSR count). The number of rotatable bonds is 3. The van der Waals surface area contributed by atoms with Crippen LogP contribution in [0.1, 0.15) is 20.7 Å². The van der Waals surface area contributed by atoms with Crippen LogP contribution in [0.2, 0.25) is 0 Å². The summed E-state index contributed by atoms with van der Waals surface area (Å²) < 4.78 is 4.84. The Bertz CT molecular complexity index is 638. The van der Waals surface area contributed by atoms with Gasteiger partial charge >= 0.3 is 6.09 Å². The molecule has 1 atom stereocenters. The van der Waals surface area contributed by atoms with E-state index in [1.54, 1.807) is 24.3 Å². The number of amides is 3. The van der Waals surface area contributed by atoms with Gasteiger partial charge in [-0.1, -0.05) is 30.3 Å². The Morgan fingerprint density at radius 2 is 1.76 bits per heavy atom. The van der Waals surface area contributed by atoms with Crippen molar-refractivity contribution >= 4 is 29.5 Å². The molecule has 2 aliphatic heterocycles. The van der Waals surface area contributed by atoms with E-state index in [1.165, 1.54) is 4.90 Å². The highest BCUT2D eigenvalue weighted by atomic mass is 35.5. The summed E-state index contributed by atoms with van der Waals surface area (Å²) in [5, 5.41) is 0.00311. The monoisotopic (exact) mass is 306 g/mol. The molecule has 0 saturated carbocycles. The van der Waals surface area contributed by atoms with Gasteiger partial charge in [-0.2, -0.15) is 0 Å². The van der Waals surface area contributed by atoms with Crippen molar-refractivity contribution in [2.24, 2.45) is 0 Å². The molecule has 1 fully saturated rings. The molecule has 0 aliphatic carbocycles. The molecule has 21 heavy (non-hydrogen) atoms. The first-order valence-electron chi connectivity index (χ1n) is 6.27. The van der Waals surface area contributed by atoms with Gasteiger partial charge in [-0.15, -0.1) is 0 Å². The zero-order valence-corrected chi connectivity index (χ0v) is 11.7. The predicted molar refractivity (Wildman–Crippen MR) is 73.8 cm³/mol. The highest BCUT2D eigenvalue weighted by molar-refractivity contribution is 6.31. The number of benzene rings is 1. The summed E-state index contributed by atoms with van der Waals surface area (Å²) in [5.74, 6) is -0.996. The lowest BCUT2D eigenvalue weighted by molar-refractivity contribution is 0.0482. The number of carbonyl (C=O) groups is 3. The van der Waals surface area contributed by atoms with Crippen molar-refractivity contribution in [2.45, 2.75) is 6.17 Å². The molecule has 1 saturated heterocycles. The smallest absolute Gasteiger partial charge is 0.411 e. The lowest BCUT2D eigenvalue weighted by Gasteiger charge is -2.31. The van der Waals surface area contributed by atoms with Gasteiger partial charge in [0.05, 0.1) is 22.7 Å². The summed E-state index contributed by atoms with van der Waals surface area (Å²) in [7, 11) is 0. The number of cyclic esters (lactones) is 1. The molecule has 6 nitrogen and oxygen atoms in total. The van der Waals surface area contributed by atoms with E-state index < -0.39 is 24.1 Å². The first-order chi connectivity index (χ1) is 10.0. The Morgan fingerprint density at radius 1 is 1.19 bits per heavy atom. The molecule has 1 aromatic carbocycles. The molecule has 3 amide bonds. The summed E-state index contributed by atoms with van der Waals surface area (Å²) in [5.41, 5.74) is 0.580. The zero-order valence-electron chi connectivity index (χ0n) is 10.9. The third-order valence-electron chi connectivity index (χ3n) is 3.44. The second-order valence-corrected chi connectivity index (χ2v) is 5.14. The van der Waals surface area contributed by atoms with Crippen LogP contribution in [-0.4, -0.2) is 47.0 Å². The summed E-state index contributed by atoms with van der Waals surface area (Å²) in [6.45, 7) is 4.00. The van der Waals surface area contributed by atoms with Crippen LogP contribution < -0.4 is 0 Å². The van der Waals surface area contributed by atoms with Crippen molar-refractivity contribution in [3.63, 3.8) is 0 Å². The van der Waals surface area contributed by atoms with Crippen molar-refractivity contribution in [2.75, 3.05) is 13.2 Å². The van der Waals surface area contributed by atoms with Crippen molar-refractivity contribution in [3.05, 3.63) is 47.0 Å². The Balaban J connectivity index is 2.02. The maximum absolute atomic E-state index is 12.4. The lowest BCUT2D eigenvalue weighted by atomic mass is 10.1. The van der Waals surface area contributed by atoms with E-state index in [9.17, 15) is 14.4 Å². The van der Waals surface area contributed by atoms with Crippen molar-refractivity contribution in [1.29, 1.82) is 0 Å². The van der Waals surface area contributed by atoms with Gasteiger partial charge in [-0.3, -0.25) is 14.5 Å². The van der Waals surface area contributed by atoms with E-state index >= 15 is 0 Å². The number of fused-ring (bicyclic) bond motifs is 1. The molecular weight excluding hydrogens is 296 g/mol. The molecule has 0 aromatic heterocycles. The van der Waals surface area contributed by atoms with E-state index in [2.05, 4.69) is 6.58 Å². The first kappa shape index (κ1) is 13.6. The number of nitrogens with zero attached hydrogens (tertiary/aromatic N) is 2. The lowest BCUT2D eigenvalue weighted by Crippen LogP contribution is -2.51. The van der Waals surface area contributed by atoms with Gasteiger partial charge < -0.3 is 4.74 Å². The van der Waals surface area contributed by atoms with Gasteiger partial charge in [-0.05, 0) is 12.1 Å². The minimum Gasteiger partial charge on any atom is -0.447 e. The maximum atomic E-state index is 12.4. The number of hydrogen-bond donors (Lipinski definition) is 0. The normalized spacial score (nSPS) is 18.8. The van der Waals surface area contributed by atoms with Crippen molar-refractivity contribution in [3.8, 4) is 0 Å². The molecule has 108 valence electrons. The van der Waals surface area contributed by atoms with Gasteiger partial charge in [0.2, 0.25) is 0 Å². The zero-order chi connectivity index (χ0) is 15.1. The van der Waals surface area contributed by atoms with Crippen LogP contribution in [0.4, 0.5) is 4.79 Å². The first-order valence-corrected chi connectivity index (χ1v) is 6.65. The molecule has 0 N–H and O–H groups in total. The highest BCUT2D eigenvalue weighted by Gasteiger charge is 2.45. The van der Waals surface area contributed by atoms with Crippen LogP contribution in [0.5, 0.6) is 0 Å². The molecule has 2 heterocycles. The van der Waals surface area contributed by atoms with E-state index in [0.717, 1.165) is 4.90 Å². The third kappa shape index (κ3) is 1.99. The molecule has 0 spiro atoms. The van der Waals surface area contributed by atoms with Crippen LogP contribution in [0.15, 0.2) is 35.9 Å². The quantitative estimate of drug-likeness (QED) is 0.799. The van der Waals surface area contributed by atoms with Crippen LogP contribution >= 0.6 is 11.6 Å². The fourth-order valence-electron chi connectivity index (χ4n) is 2.51. The predicted octanol–water partition coefficient (Wildman–Crippen LogP) is 1.81. The SMILES string of the molecule is C=C(Cl)C(N1CCOC1=O)N1C(=O)c2ccccc2C1=O. The number of carbonyl (C=O) groups excluding carboxylic acids is 3. The summed E-state index contributed by atoms with van der Waals surface area (Å²) in [6, 6.07) is 6.46. The van der Waals surface area contributed by atoms with Gasteiger partial charge in [0.15, 0.2) is 6.17 Å². The van der Waals surface area contributed by atoms with Crippen LogP contribution in [-0.2, 0) is 4.74 Å². The van der Waals surface area contributed by atoms with Crippen LogP contribution in [0.3, 0.4) is 0 Å². The van der Waals surface area contributed by atoms with Crippen molar-refractivity contribution < 1.29 is 19.1 Å². The molecule has 0 radical (unpaired) electrons. The van der Waals surface area contributed by atoms with Gasteiger partial charge in [0.1, 0.15) is 6.61 Å². The average Bonchev–Trinajstić information content (AvgIpc) is 2.97. The van der Waals surface area contributed by atoms with E-state index in [4.69, 9.17) is 16.3 Å².